The molecule has 0 spiro atoms. The van der Waals surface area contributed by atoms with Crippen molar-refractivity contribution < 1.29 is 8.42 Å². The molecule has 7 heteroatoms. The lowest BCUT2D eigenvalue weighted by molar-refractivity contribution is 0.598. The number of aromatic nitrogens is 1. The summed E-state index contributed by atoms with van der Waals surface area (Å²) in [6, 6.07) is 15.4. The van der Waals surface area contributed by atoms with Gasteiger partial charge in [-0.1, -0.05) is 47.7 Å². The van der Waals surface area contributed by atoms with Crippen LogP contribution < -0.4 is 4.80 Å². The van der Waals surface area contributed by atoms with E-state index < -0.39 is 10.0 Å². The van der Waals surface area contributed by atoms with Gasteiger partial charge in [0.2, 0.25) is 4.80 Å². The maximum atomic E-state index is 12.4. The zero-order valence-electron chi connectivity index (χ0n) is 12.1. The molecule has 0 saturated carbocycles. The number of fused-ring (bicyclic) bond motifs is 3. The maximum absolute atomic E-state index is 12.4. The van der Waals surface area contributed by atoms with Gasteiger partial charge >= 0.3 is 0 Å². The number of rotatable bonds is 2. The molecule has 2 aromatic heterocycles. The summed E-state index contributed by atoms with van der Waals surface area (Å²) in [7, 11) is -1.82. The van der Waals surface area contributed by atoms with Crippen LogP contribution in [-0.2, 0) is 17.1 Å². The summed E-state index contributed by atoms with van der Waals surface area (Å²) in [4.78, 5) is 0.477. The van der Waals surface area contributed by atoms with E-state index in [0.29, 0.717) is 4.80 Å². The van der Waals surface area contributed by atoms with Gasteiger partial charge in [-0.3, -0.25) is 0 Å². The van der Waals surface area contributed by atoms with E-state index in [1.807, 2.05) is 48.0 Å². The molecule has 23 heavy (non-hydrogen) atoms. The minimum Gasteiger partial charge on any atom is -0.319 e. The lowest BCUT2D eigenvalue weighted by atomic mass is 10.1. The van der Waals surface area contributed by atoms with Gasteiger partial charge in [0.15, 0.2) is 0 Å². The molecule has 4 rings (SSSR count). The van der Waals surface area contributed by atoms with E-state index in [4.69, 9.17) is 0 Å². The summed E-state index contributed by atoms with van der Waals surface area (Å²) < 4.78 is 32.0. The molecule has 0 aliphatic rings. The fourth-order valence-corrected chi connectivity index (χ4v) is 5.85. The number of thiazole rings is 1. The number of sulfonamides is 1. The first kappa shape index (κ1) is 14.6. The normalized spacial score (nSPS) is 13.2. The molecule has 0 saturated heterocycles. The molecule has 4 aromatic rings. The quantitative estimate of drug-likeness (QED) is 0.547. The molecule has 0 amide bonds. The number of benzene rings is 2. The van der Waals surface area contributed by atoms with Crippen LogP contribution >= 0.6 is 22.7 Å². The summed E-state index contributed by atoms with van der Waals surface area (Å²) in [5.41, 5.74) is 0.980. The Bertz CT molecular complexity index is 1180. The molecule has 0 fully saturated rings. The third-order valence-corrected chi connectivity index (χ3v) is 7.58. The van der Waals surface area contributed by atoms with Crippen molar-refractivity contribution in [2.24, 2.45) is 11.4 Å². The minimum absolute atomic E-state index is 0.264. The van der Waals surface area contributed by atoms with Crippen molar-refractivity contribution in [2.45, 2.75) is 4.21 Å². The molecule has 0 aliphatic carbocycles. The van der Waals surface area contributed by atoms with Crippen LogP contribution in [0.15, 0.2) is 62.5 Å². The van der Waals surface area contributed by atoms with E-state index in [0.717, 1.165) is 21.0 Å². The third-order valence-electron chi connectivity index (χ3n) is 3.65. The predicted octanol–water partition coefficient (Wildman–Crippen LogP) is 3.74. The van der Waals surface area contributed by atoms with E-state index in [9.17, 15) is 8.42 Å². The monoisotopic (exact) mass is 360 g/mol. The molecule has 2 aromatic carbocycles. The molecular weight excluding hydrogens is 348 g/mol. The lowest BCUT2D eigenvalue weighted by Crippen LogP contribution is -2.13. The number of thiophene rings is 1. The lowest BCUT2D eigenvalue weighted by Gasteiger charge is -1.99. The van der Waals surface area contributed by atoms with Crippen molar-refractivity contribution in [3.63, 3.8) is 0 Å². The van der Waals surface area contributed by atoms with Crippen LogP contribution in [-0.4, -0.2) is 13.0 Å². The van der Waals surface area contributed by atoms with Gasteiger partial charge in [-0.05, 0) is 22.9 Å². The van der Waals surface area contributed by atoms with Gasteiger partial charge < -0.3 is 4.57 Å². The zero-order valence-corrected chi connectivity index (χ0v) is 14.6. The molecule has 0 N–H and O–H groups in total. The molecule has 116 valence electrons. The Labute approximate surface area is 141 Å². The van der Waals surface area contributed by atoms with E-state index in [1.165, 1.54) is 22.7 Å². The molecule has 0 radical (unpaired) electrons. The van der Waals surface area contributed by atoms with Crippen LogP contribution in [0.3, 0.4) is 0 Å². The van der Waals surface area contributed by atoms with Crippen LogP contribution in [0.25, 0.3) is 21.0 Å². The van der Waals surface area contributed by atoms with Gasteiger partial charge in [0, 0.05) is 12.4 Å². The average Bonchev–Trinajstić information content (AvgIpc) is 3.17. The number of hydrogen-bond acceptors (Lipinski definition) is 4. The van der Waals surface area contributed by atoms with Gasteiger partial charge in [0.1, 0.15) is 4.21 Å². The van der Waals surface area contributed by atoms with Crippen molar-refractivity contribution in [1.29, 1.82) is 0 Å². The van der Waals surface area contributed by atoms with E-state index in [1.54, 1.807) is 17.5 Å². The fourth-order valence-electron chi connectivity index (χ4n) is 2.50. The van der Waals surface area contributed by atoms with Crippen LogP contribution in [0.2, 0.25) is 0 Å². The Morgan fingerprint density at radius 3 is 2.65 bits per heavy atom. The van der Waals surface area contributed by atoms with E-state index in [2.05, 4.69) is 4.40 Å². The van der Waals surface area contributed by atoms with Crippen LogP contribution in [0.1, 0.15) is 0 Å². The Balaban J connectivity index is 2.04. The second kappa shape index (κ2) is 5.30. The third kappa shape index (κ3) is 2.41. The topological polar surface area (TPSA) is 51.4 Å². The van der Waals surface area contributed by atoms with E-state index in [-0.39, 0.29) is 4.21 Å². The Kier molecular flexibility index (Phi) is 3.37. The Morgan fingerprint density at radius 1 is 1.04 bits per heavy atom. The van der Waals surface area contributed by atoms with Crippen molar-refractivity contribution in [1.82, 2.24) is 4.57 Å². The summed E-state index contributed by atoms with van der Waals surface area (Å²) in [5.74, 6) is 0. The summed E-state index contributed by atoms with van der Waals surface area (Å²) >= 11 is 2.58. The molecule has 4 nitrogen and oxygen atoms in total. The predicted molar refractivity (Wildman–Crippen MR) is 95.4 cm³/mol. The van der Waals surface area contributed by atoms with Crippen LogP contribution in [0, 0.1) is 0 Å². The first-order chi connectivity index (χ1) is 11.1. The SMILES string of the molecule is Cn1c(=NS(=O)(=O)c2cccs2)sc2c3ccccc3ccc21. The fraction of sp³-hybridized carbons (Fsp3) is 0.0625. The number of nitrogens with zero attached hydrogens (tertiary/aromatic N) is 2. The minimum atomic E-state index is -3.66. The Morgan fingerprint density at radius 2 is 1.87 bits per heavy atom. The maximum Gasteiger partial charge on any atom is 0.294 e. The highest BCUT2D eigenvalue weighted by Crippen LogP contribution is 2.27. The molecule has 0 bridgehead atoms. The standard InChI is InChI=1S/C16H12N2O2S3/c1-18-13-9-8-11-5-2-3-6-12(11)15(13)22-16(18)17-23(19,20)14-7-4-10-21-14/h2-10H,1H3. The second-order valence-electron chi connectivity index (χ2n) is 5.08. The molecule has 0 aliphatic heterocycles. The van der Waals surface area contributed by atoms with Crippen LogP contribution in [0.5, 0.6) is 0 Å². The van der Waals surface area contributed by atoms with Gasteiger partial charge in [0.05, 0.1) is 10.2 Å². The molecule has 2 heterocycles. The molecular formula is C16H12N2O2S3. The summed E-state index contributed by atoms with van der Waals surface area (Å²) in [6.45, 7) is 0. The van der Waals surface area contributed by atoms with E-state index >= 15 is 0 Å². The average molecular weight is 360 g/mol. The zero-order chi connectivity index (χ0) is 16.0. The van der Waals surface area contributed by atoms with Crippen molar-refractivity contribution in [3.05, 3.63) is 58.7 Å². The second-order valence-corrected chi connectivity index (χ2v) is 8.83. The smallest absolute Gasteiger partial charge is 0.294 e. The summed E-state index contributed by atoms with van der Waals surface area (Å²) in [6.07, 6.45) is 0. The number of hydrogen-bond donors (Lipinski definition) is 0. The Hall–Kier alpha value is -1.96. The van der Waals surface area contributed by atoms with Gasteiger partial charge in [-0.2, -0.15) is 8.42 Å². The van der Waals surface area contributed by atoms with Crippen molar-refractivity contribution in [3.8, 4) is 0 Å². The highest BCUT2D eigenvalue weighted by Gasteiger charge is 2.15. The van der Waals surface area contributed by atoms with Crippen molar-refractivity contribution in [2.75, 3.05) is 0 Å². The highest BCUT2D eigenvalue weighted by molar-refractivity contribution is 7.92. The van der Waals surface area contributed by atoms with Gasteiger partial charge in [-0.25, -0.2) is 0 Å². The van der Waals surface area contributed by atoms with Crippen LogP contribution in [0.4, 0.5) is 0 Å². The summed E-state index contributed by atoms with van der Waals surface area (Å²) in [5, 5.41) is 3.98. The first-order valence-corrected chi connectivity index (χ1v) is 10.0. The van der Waals surface area contributed by atoms with Gasteiger partial charge in [-0.15, -0.1) is 15.7 Å². The molecule has 0 unspecified atom stereocenters. The van der Waals surface area contributed by atoms with Crippen molar-refractivity contribution >= 4 is 53.7 Å². The molecule has 0 atom stereocenters. The number of aryl methyl sites for hydroxylation is 1. The largest absolute Gasteiger partial charge is 0.319 e. The highest BCUT2D eigenvalue weighted by atomic mass is 32.2. The first-order valence-electron chi connectivity index (χ1n) is 6.88. The van der Waals surface area contributed by atoms with Gasteiger partial charge in [0.25, 0.3) is 10.0 Å².